The van der Waals surface area contributed by atoms with Gasteiger partial charge in [-0.05, 0) is 51.2 Å². The van der Waals surface area contributed by atoms with Crippen molar-refractivity contribution >= 4 is 45.2 Å². The van der Waals surface area contributed by atoms with Crippen LogP contribution < -0.4 is 0 Å². The van der Waals surface area contributed by atoms with Crippen LogP contribution in [-0.2, 0) is 6.61 Å². The first-order valence-electron chi connectivity index (χ1n) is 2.65. The first-order chi connectivity index (χ1) is 4.74. The summed E-state index contributed by atoms with van der Waals surface area (Å²) in [5, 5.41) is 8.74. The number of nitrogens with zero attached hydrogens (tertiary/aromatic N) is 1. The Morgan fingerprint density at radius 3 is 2.70 bits per heavy atom. The van der Waals surface area contributed by atoms with Crippen molar-refractivity contribution in [3.8, 4) is 0 Å². The summed E-state index contributed by atoms with van der Waals surface area (Å²) in [6, 6.07) is 1.99. The molecule has 0 atom stereocenters. The second-order valence-electron chi connectivity index (χ2n) is 1.74. The first-order valence-corrected chi connectivity index (χ1v) is 4.80. The number of pyridine rings is 1. The van der Waals surface area contributed by atoms with Crippen LogP contribution in [0, 0.1) is 7.14 Å². The zero-order valence-corrected chi connectivity index (χ0v) is 9.33. The molecule has 0 aliphatic rings. The number of rotatable bonds is 1. The summed E-state index contributed by atoms with van der Waals surface area (Å²) in [5.41, 5.74) is 0.751. The van der Waals surface area contributed by atoms with E-state index in [9.17, 15) is 0 Å². The van der Waals surface area contributed by atoms with Gasteiger partial charge in [-0.2, -0.15) is 0 Å². The third kappa shape index (κ3) is 2.03. The molecular formula is C6H5I2NO. The molecule has 1 aromatic heterocycles. The molecule has 0 unspecified atom stereocenters. The van der Waals surface area contributed by atoms with Crippen LogP contribution in [0.4, 0.5) is 0 Å². The summed E-state index contributed by atoms with van der Waals surface area (Å²) in [4.78, 5) is 4.03. The van der Waals surface area contributed by atoms with Gasteiger partial charge in [0.1, 0.15) is 0 Å². The summed E-state index contributed by atoms with van der Waals surface area (Å²) in [7, 11) is 0. The molecule has 0 bridgehead atoms. The minimum Gasteiger partial charge on any atom is -0.390 e. The fraction of sp³-hybridized carbons (Fsp3) is 0.167. The minimum atomic E-state index is 0.0230. The van der Waals surface area contributed by atoms with Gasteiger partial charge in [0, 0.05) is 13.3 Å². The lowest BCUT2D eigenvalue weighted by molar-refractivity contribution is 0.276. The van der Waals surface area contributed by atoms with Gasteiger partial charge in [0.15, 0.2) is 0 Å². The molecule has 0 aromatic carbocycles. The maximum absolute atomic E-state index is 8.74. The number of aliphatic hydroxyl groups excluding tert-OH is 1. The van der Waals surface area contributed by atoms with Crippen molar-refractivity contribution in [3.05, 3.63) is 25.1 Å². The predicted octanol–water partition coefficient (Wildman–Crippen LogP) is 1.78. The molecule has 0 saturated heterocycles. The summed E-state index contributed by atoms with van der Waals surface area (Å²) < 4.78 is 2.12. The molecule has 0 aliphatic heterocycles. The Labute approximate surface area is 86.3 Å². The van der Waals surface area contributed by atoms with E-state index in [0.717, 1.165) is 12.8 Å². The topological polar surface area (TPSA) is 33.1 Å². The quantitative estimate of drug-likeness (QED) is 0.774. The van der Waals surface area contributed by atoms with Crippen molar-refractivity contribution in [1.82, 2.24) is 4.98 Å². The molecule has 0 radical (unpaired) electrons. The summed E-state index contributed by atoms with van der Waals surface area (Å²) >= 11 is 4.35. The number of aliphatic hydroxyl groups is 1. The average molecular weight is 361 g/mol. The number of halogens is 2. The Kier molecular flexibility index (Phi) is 3.31. The third-order valence-corrected chi connectivity index (χ3v) is 2.56. The van der Waals surface area contributed by atoms with Gasteiger partial charge >= 0.3 is 0 Å². The van der Waals surface area contributed by atoms with E-state index in [-0.39, 0.29) is 6.61 Å². The van der Waals surface area contributed by atoms with Gasteiger partial charge in [-0.3, -0.25) is 4.98 Å². The summed E-state index contributed by atoms with van der Waals surface area (Å²) in [5.74, 6) is 0. The largest absolute Gasteiger partial charge is 0.390 e. The highest BCUT2D eigenvalue weighted by molar-refractivity contribution is 14.1. The highest BCUT2D eigenvalue weighted by atomic mass is 127. The van der Waals surface area contributed by atoms with Crippen molar-refractivity contribution in [2.45, 2.75) is 6.61 Å². The molecule has 1 heterocycles. The molecule has 0 spiro atoms. The van der Waals surface area contributed by atoms with Crippen molar-refractivity contribution in [2.75, 3.05) is 0 Å². The van der Waals surface area contributed by atoms with E-state index in [1.54, 1.807) is 6.20 Å². The predicted molar refractivity (Wildman–Crippen MR) is 55.6 cm³/mol. The zero-order chi connectivity index (χ0) is 7.56. The van der Waals surface area contributed by atoms with E-state index in [1.807, 2.05) is 6.07 Å². The Balaban J connectivity index is 3.07. The summed E-state index contributed by atoms with van der Waals surface area (Å²) in [6.07, 6.45) is 1.74. The van der Waals surface area contributed by atoms with Crippen LogP contribution in [0.5, 0.6) is 0 Å². The molecule has 0 aliphatic carbocycles. The van der Waals surface area contributed by atoms with Crippen molar-refractivity contribution < 1.29 is 5.11 Å². The molecule has 4 heteroatoms. The van der Waals surface area contributed by atoms with Crippen molar-refractivity contribution in [1.29, 1.82) is 0 Å². The minimum absolute atomic E-state index is 0.0230. The van der Waals surface area contributed by atoms with Crippen LogP contribution in [0.15, 0.2) is 12.3 Å². The van der Waals surface area contributed by atoms with Gasteiger partial charge in [0.25, 0.3) is 0 Å². The highest BCUT2D eigenvalue weighted by Crippen LogP contribution is 2.12. The second kappa shape index (κ2) is 3.82. The molecule has 54 valence electrons. The standard InChI is InChI=1S/C6H5I2NO/c7-4-1-5(8)6(3-10)9-2-4/h1-2,10H,3H2. The van der Waals surface area contributed by atoms with Gasteiger partial charge in [0.2, 0.25) is 0 Å². The highest BCUT2D eigenvalue weighted by Gasteiger charge is 1.98. The molecule has 2 nitrogen and oxygen atoms in total. The maximum Gasteiger partial charge on any atom is 0.0863 e. The first kappa shape index (κ1) is 8.66. The van der Waals surface area contributed by atoms with Crippen LogP contribution in [0.1, 0.15) is 5.69 Å². The molecular weight excluding hydrogens is 356 g/mol. The monoisotopic (exact) mass is 361 g/mol. The lowest BCUT2D eigenvalue weighted by Gasteiger charge is -1.97. The molecule has 1 N–H and O–H groups in total. The van der Waals surface area contributed by atoms with Gasteiger partial charge in [-0.1, -0.05) is 0 Å². The Morgan fingerprint density at radius 2 is 2.20 bits per heavy atom. The van der Waals surface area contributed by atoms with Crippen LogP contribution in [0.2, 0.25) is 0 Å². The van der Waals surface area contributed by atoms with Crippen LogP contribution >= 0.6 is 45.2 Å². The normalized spacial score (nSPS) is 9.90. The molecule has 0 fully saturated rings. The van der Waals surface area contributed by atoms with E-state index in [2.05, 4.69) is 50.2 Å². The zero-order valence-electron chi connectivity index (χ0n) is 5.01. The average Bonchev–Trinajstić information content (AvgIpc) is 1.88. The van der Waals surface area contributed by atoms with Gasteiger partial charge in [-0.25, -0.2) is 0 Å². The Hall–Kier alpha value is 0.570. The van der Waals surface area contributed by atoms with Crippen molar-refractivity contribution in [3.63, 3.8) is 0 Å². The SMILES string of the molecule is OCc1ncc(I)cc1I. The van der Waals surface area contributed by atoms with E-state index in [4.69, 9.17) is 5.11 Å². The Bertz CT molecular complexity index is 239. The fourth-order valence-corrected chi connectivity index (χ4v) is 2.25. The van der Waals surface area contributed by atoms with Crippen LogP contribution in [-0.4, -0.2) is 10.1 Å². The molecule has 0 amide bonds. The lowest BCUT2D eigenvalue weighted by Crippen LogP contribution is -1.93. The Morgan fingerprint density at radius 1 is 1.50 bits per heavy atom. The number of aromatic nitrogens is 1. The van der Waals surface area contributed by atoms with Gasteiger partial charge < -0.3 is 5.11 Å². The molecule has 10 heavy (non-hydrogen) atoms. The van der Waals surface area contributed by atoms with Crippen LogP contribution in [0.25, 0.3) is 0 Å². The van der Waals surface area contributed by atoms with E-state index < -0.39 is 0 Å². The van der Waals surface area contributed by atoms with E-state index in [1.165, 1.54) is 0 Å². The van der Waals surface area contributed by atoms with E-state index >= 15 is 0 Å². The fourth-order valence-electron chi connectivity index (χ4n) is 0.559. The lowest BCUT2D eigenvalue weighted by atomic mass is 10.4. The van der Waals surface area contributed by atoms with Crippen molar-refractivity contribution in [2.24, 2.45) is 0 Å². The van der Waals surface area contributed by atoms with E-state index in [0.29, 0.717) is 0 Å². The smallest absolute Gasteiger partial charge is 0.0863 e. The number of hydrogen-bond donors (Lipinski definition) is 1. The third-order valence-electron chi connectivity index (χ3n) is 1.03. The number of hydrogen-bond acceptors (Lipinski definition) is 2. The van der Waals surface area contributed by atoms with Crippen LogP contribution in [0.3, 0.4) is 0 Å². The van der Waals surface area contributed by atoms with Gasteiger partial charge in [-0.15, -0.1) is 0 Å². The second-order valence-corrected chi connectivity index (χ2v) is 4.15. The molecule has 0 saturated carbocycles. The molecule has 1 rings (SSSR count). The molecule has 1 aromatic rings. The maximum atomic E-state index is 8.74. The summed E-state index contributed by atoms with van der Waals surface area (Å²) in [6.45, 7) is 0.0230. The van der Waals surface area contributed by atoms with Gasteiger partial charge in [0.05, 0.1) is 12.3 Å².